The number of hydrogen-bond acceptors (Lipinski definition) is 4. The Morgan fingerprint density at radius 2 is 1.79 bits per heavy atom. The second-order valence-electron chi connectivity index (χ2n) is 4.51. The first-order valence-corrected chi connectivity index (χ1v) is 7.41. The van der Waals surface area contributed by atoms with E-state index in [2.05, 4.69) is 0 Å². The van der Waals surface area contributed by atoms with Crippen LogP contribution in [0.5, 0.6) is 0 Å². The van der Waals surface area contributed by atoms with Crippen molar-refractivity contribution in [3.8, 4) is 0 Å². The van der Waals surface area contributed by atoms with Gasteiger partial charge in [-0.2, -0.15) is 0 Å². The van der Waals surface area contributed by atoms with Gasteiger partial charge in [0.05, 0.1) is 0 Å². The average molecular weight is 284 g/mol. The molecule has 0 saturated heterocycles. The number of carbonyl (C=O) groups excluding carboxylic acids is 1. The Balaban J connectivity index is 2.97. The Bertz CT molecular complexity index is 616. The van der Waals surface area contributed by atoms with Crippen LogP contribution in [0, 0.1) is 13.8 Å². The van der Waals surface area contributed by atoms with E-state index >= 15 is 0 Å². The number of ketones is 1. The van der Waals surface area contributed by atoms with E-state index in [9.17, 15) is 18.0 Å². The predicted octanol–water partition coefficient (Wildman–Crippen LogP) is 1.37. The van der Waals surface area contributed by atoms with Crippen LogP contribution in [-0.4, -0.2) is 36.3 Å². The molecule has 0 amide bonds. The quantitative estimate of drug-likeness (QED) is 0.825. The summed E-state index contributed by atoms with van der Waals surface area (Å²) < 4.78 is 23.4. The van der Waals surface area contributed by atoms with Crippen molar-refractivity contribution in [1.82, 2.24) is 0 Å². The highest BCUT2D eigenvalue weighted by Crippen LogP contribution is 2.12. The van der Waals surface area contributed by atoms with Crippen LogP contribution in [0.2, 0.25) is 0 Å². The van der Waals surface area contributed by atoms with Gasteiger partial charge in [0, 0.05) is 5.56 Å². The monoisotopic (exact) mass is 284 g/mol. The molecule has 5 nitrogen and oxygen atoms in total. The summed E-state index contributed by atoms with van der Waals surface area (Å²) in [5, 5.41) is 7.11. The summed E-state index contributed by atoms with van der Waals surface area (Å²) in [7, 11) is -3.98. The molecule has 1 aromatic rings. The van der Waals surface area contributed by atoms with E-state index in [0.29, 0.717) is 0 Å². The van der Waals surface area contributed by atoms with Gasteiger partial charge in [-0.15, -0.1) is 0 Å². The predicted molar refractivity (Wildman–Crippen MR) is 71.1 cm³/mol. The number of rotatable bonds is 5. The van der Waals surface area contributed by atoms with Crippen molar-refractivity contribution in [1.29, 1.82) is 0 Å². The Kier molecular flexibility index (Phi) is 4.47. The molecule has 0 radical (unpaired) electrons. The van der Waals surface area contributed by atoms with Crippen molar-refractivity contribution in [2.45, 2.75) is 26.0 Å². The lowest BCUT2D eigenvalue weighted by molar-refractivity contribution is -0.136. The largest absolute Gasteiger partial charge is 0.480 e. The molecule has 0 aliphatic rings. The summed E-state index contributed by atoms with van der Waals surface area (Å²) in [4.78, 5) is 22.6. The average Bonchev–Trinajstić information content (AvgIpc) is 2.30. The lowest BCUT2D eigenvalue weighted by Crippen LogP contribution is -2.32. The van der Waals surface area contributed by atoms with Crippen LogP contribution in [0.1, 0.15) is 28.4 Å². The van der Waals surface area contributed by atoms with E-state index in [1.807, 2.05) is 13.8 Å². The molecule has 0 spiro atoms. The smallest absolute Gasteiger partial charge is 0.321 e. The Morgan fingerprint density at radius 3 is 2.26 bits per heavy atom. The fourth-order valence-corrected chi connectivity index (χ4v) is 2.55. The summed E-state index contributed by atoms with van der Waals surface area (Å²) in [6.45, 7) is 4.76. The van der Waals surface area contributed by atoms with Crippen molar-refractivity contribution < 1.29 is 23.1 Å². The number of aliphatic carboxylic acids is 1. The molecule has 1 unspecified atom stereocenters. The number of carbonyl (C=O) groups is 2. The zero-order chi connectivity index (χ0) is 14.8. The van der Waals surface area contributed by atoms with Gasteiger partial charge in [-0.3, -0.25) is 9.59 Å². The number of aryl methyl sites for hydroxylation is 2. The van der Waals surface area contributed by atoms with Crippen molar-refractivity contribution in [3.63, 3.8) is 0 Å². The van der Waals surface area contributed by atoms with Gasteiger partial charge in [0.15, 0.2) is 20.9 Å². The normalized spacial score (nSPS) is 13.0. The Morgan fingerprint density at radius 1 is 1.21 bits per heavy atom. The summed E-state index contributed by atoms with van der Waals surface area (Å²) in [5.74, 6) is -2.83. The maximum Gasteiger partial charge on any atom is 0.321 e. The molecule has 1 N–H and O–H groups in total. The zero-order valence-corrected chi connectivity index (χ0v) is 11.8. The van der Waals surface area contributed by atoms with Gasteiger partial charge in [-0.25, -0.2) is 8.42 Å². The fourth-order valence-electron chi connectivity index (χ4n) is 1.46. The number of hydrogen-bond donors (Lipinski definition) is 1. The number of benzene rings is 1. The van der Waals surface area contributed by atoms with Gasteiger partial charge in [-0.05, 0) is 38.0 Å². The molecular formula is C13H16O5S. The molecule has 0 heterocycles. The van der Waals surface area contributed by atoms with E-state index in [-0.39, 0.29) is 5.56 Å². The first-order chi connectivity index (χ1) is 8.65. The zero-order valence-electron chi connectivity index (χ0n) is 11.0. The number of carboxylic acids is 1. The van der Waals surface area contributed by atoms with Crippen LogP contribution < -0.4 is 0 Å². The highest BCUT2D eigenvalue weighted by molar-refractivity contribution is 7.93. The molecule has 19 heavy (non-hydrogen) atoms. The Labute approximate surface area is 112 Å². The molecule has 1 aromatic carbocycles. The maximum absolute atomic E-state index is 11.9. The molecule has 104 valence electrons. The van der Waals surface area contributed by atoms with E-state index in [1.165, 1.54) is 0 Å². The molecule has 1 atom stereocenters. The van der Waals surface area contributed by atoms with Gasteiger partial charge in [0.2, 0.25) is 0 Å². The number of carboxylic acid groups (broad SMARTS) is 1. The molecule has 0 bridgehead atoms. The van der Waals surface area contributed by atoms with Crippen molar-refractivity contribution in [2.75, 3.05) is 5.75 Å². The first-order valence-electron chi connectivity index (χ1n) is 5.70. The SMILES string of the molecule is Cc1ccc(C(=O)CS(=O)(=O)C(C)C(=O)O)cc1C. The van der Waals surface area contributed by atoms with Crippen molar-refractivity contribution in [3.05, 3.63) is 34.9 Å². The first kappa shape index (κ1) is 15.4. The van der Waals surface area contributed by atoms with Gasteiger partial charge < -0.3 is 5.11 Å². The van der Waals surface area contributed by atoms with Gasteiger partial charge >= 0.3 is 5.97 Å². The highest BCUT2D eigenvalue weighted by Gasteiger charge is 2.30. The van der Waals surface area contributed by atoms with E-state index in [4.69, 9.17) is 5.11 Å². The lowest BCUT2D eigenvalue weighted by Gasteiger charge is -2.08. The van der Waals surface area contributed by atoms with E-state index in [1.54, 1.807) is 18.2 Å². The third-order valence-electron chi connectivity index (χ3n) is 3.05. The highest BCUT2D eigenvalue weighted by atomic mass is 32.2. The molecule has 0 fully saturated rings. The molecule has 6 heteroatoms. The third kappa shape index (κ3) is 3.64. The number of sulfone groups is 1. The summed E-state index contributed by atoms with van der Waals surface area (Å²) in [6.07, 6.45) is 0. The van der Waals surface area contributed by atoms with Crippen LogP contribution in [0.15, 0.2) is 18.2 Å². The molecule has 0 aliphatic heterocycles. The minimum atomic E-state index is -3.98. The second kappa shape index (κ2) is 5.52. The van der Waals surface area contributed by atoms with Crippen LogP contribution >= 0.6 is 0 Å². The van der Waals surface area contributed by atoms with Crippen LogP contribution in [0.4, 0.5) is 0 Å². The third-order valence-corrected chi connectivity index (χ3v) is 4.99. The van der Waals surface area contributed by atoms with Gasteiger partial charge in [0.1, 0.15) is 5.75 Å². The van der Waals surface area contributed by atoms with Gasteiger partial charge in [0.25, 0.3) is 0 Å². The topological polar surface area (TPSA) is 88.5 Å². The van der Waals surface area contributed by atoms with Crippen LogP contribution in [-0.2, 0) is 14.6 Å². The number of Topliss-reactive ketones (excluding diaryl/α,β-unsaturated/α-hetero) is 1. The van der Waals surface area contributed by atoms with Crippen molar-refractivity contribution >= 4 is 21.6 Å². The molecular weight excluding hydrogens is 268 g/mol. The minimum Gasteiger partial charge on any atom is -0.480 e. The van der Waals surface area contributed by atoms with E-state index < -0.39 is 32.6 Å². The second-order valence-corrected chi connectivity index (χ2v) is 6.83. The van der Waals surface area contributed by atoms with Crippen molar-refractivity contribution in [2.24, 2.45) is 0 Å². The summed E-state index contributed by atoms with van der Waals surface area (Å²) in [6, 6.07) is 4.89. The summed E-state index contributed by atoms with van der Waals surface area (Å²) >= 11 is 0. The lowest BCUT2D eigenvalue weighted by atomic mass is 10.0. The minimum absolute atomic E-state index is 0.282. The van der Waals surface area contributed by atoms with Crippen LogP contribution in [0.25, 0.3) is 0 Å². The molecule has 0 aliphatic carbocycles. The van der Waals surface area contributed by atoms with Crippen LogP contribution in [0.3, 0.4) is 0 Å². The molecule has 0 aromatic heterocycles. The Hall–Kier alpha value is -1.69. The standard InChI is InChI=1S/C13H16O5S/c1-8-4-5-11(6-9(8)2)12(14)7-19(17,18)10(3)13(15)16/h4-6,10H,7H2,1-3H3,(H,15,16). The molecule has 0 saturated carbocycles. The summed E-state index contributed by atoms with van der Waals surface area (Å²) in [5.41, 5.74) is 2.16. The van der Waals surface area contributed by atoms with Gasteiger partial charge in [-0.1, -0.05) is 12.1 Å². The van der Waals surface area contributed by atoms with E-state index in [0.717, 1.165) is 18.1 Å². The maximum atomic E-state index is 11.9. The molecule has 1 rings (SSSR count). The fraction of sp³-hybridized carbons (Fsp3) is 0.385.